The van der Waals surface area contributed by atoms with Crippen molar-refractivity contribution in [2.24, 2.45) is 11.7 Å². The summed E-state index contributed by atoms with van der Waals surface area (Å²) in [5.74, 6) is 0.571. The van der Waals surface area contributed by atoms with Crippen molar-refractivity contribution in [3.05, 3.63) is 0 Å². The van der Waals surface area contributed by atoms with Gasteiger partial charge < -0.3 is 10.6 Å². The Balaban J connectivity index is 1.81. The summed E-state index contributed by atoms with van der Waals surface area (Å²) >= 11 is 5.06. The fraction of sp³-hybridized carbons (Fsp3) is 0.846. The predicted octanol–water partition coefficient (Wildman–Crippen LogP) is 0.997. The first-order chi connectivity index (χ1) is 8.66. The lowest BCUT2D eigenvalue weighted by Crippen LogP contribution is -2.47. The summed E-state index contributed by atoms with van der Waals surface area (Å²) in [4.78, 5) is 17.0. The highest BCUT2D eigenvalue weighted by molar-refractivity contribution is 7.80. The first kappa shape index (κ1) is 13.7. The van der Waals surface area contributed by atoms with Gasteiger partial charge in [0.15, 0.2) is 0 Å². The first-order valence-electron chi connectivity index (χ1n) is 6.96. The van der Waals surface area contributed by atoms with Gasteiger partial charge in [-0.3, -0.25) is 9.69 Å². The van der Waals surface area contributed by atoms with Crippen molar-refractivity contribution >= 4 is 23.1 Å². The van der Waals surface area contributed by atoms with Crippen LogP contribution in [-0.4, -0.2) is 53.4 Å². The third-order valence-electron chi connectivity index (χ3n) is 3.98. The van der Waals surface area contributed by atoms with Crippen LogP contribution in [0.15, 0.2) is 0 Å². The Hall–Kier alpha value is -0.680. The second-order valence-electron chi connectivity index (χ2n) is 5.42. The molecule has 102 valence electrons. The van der Waals surface area contributed by atoms with Crippen LogP contribution < -0.4 is 5.73 Å². The molecule has 2 N–H and O–H groups in total. The van der Waals surface area contributed by atoms with Crippen molar-refractivity contribution in [3.8, 4) is 0 Å². The monoisotopic (exact) mass is 269 g/mol. The third kappa shape index (κ3) is 3.65. The quantitative estimate of drug-likeness (QED) is 0.777. The molecule has 0 spiro atoms. The molecule has 0 radical (unpaired) electrons. The number of amides is 1. The maximum absolute atomic E-state index is 12.2. The highest BCUT2D eigenvalue weighted by Gasteiger charge is 2.25. The largest absolute Gasteiger partial charge is 0.393 e. The number of piperidine rings is 2. The minimum absolute atomic E-state index is 0.276. The molecular formula is C13H23N3OS. The average molecular weight is 269 g/mol. The Kier molecular flexibility index (Phi) is 4.95. The van der Waals surface area contributed by atoms with E-state index in [4.69, 9.17) is 18.0 Å². The fourth-order valence-electron chi connectivity index (χ4n) is 2.87. The molecule has 0 aromatic carbocycles. The maximum atomic E-state index is 12.2. The van der Waals surface area contributed by atoms with E-state index in [9.17, 15) is 4.79 Å². The smallest absolute Gasteiger partial charge is 0.236 e. The number of hydrogen-bond donors (Lipinski definition) is 1. The molecule has 2 aliphatic heterocycles. The van der Waals surface area contributed by atoms with Crippen molar-refractivity contribution in [2.45, 2.75) is 32.1 Å². The lowest BCUT2D eigenvalue weighted by atomic mass is 9.98. The molecule has 1 atom stereocenters. The number of likely N-dealkylation sites (tertiary alicyclic amines) is 2. The van der Waals surface area contributed by atoms with Gasteiger partial charge in [0, 0.05) is 25.6 Å². The minimum Gasteiger partial charge on any atom is -0.393 e. The number of nitrogens with two attached hydrogens (primary N) is 1. The lowest BCUT2D eigenvalue weighted by molar-refractivity contribution is -0.133. The molecule has 0 aromatic rings. The molecule has 4 nitrogen and oxygen atoms in total. The molecule has 2 heterocycles. The van der Waals surface area contributed by atoms with Crippen molar-refractivity contribution < 1.29 is 4.79 Å². The van der Waals surface area contributed by atoms with Gasteiger partial charge >= 0.3 is 0 Å². The van der Waals surface area contributed by atoms with Crippen LogP contribution in [0.5, 0.6) is 0 Å². The predicted molar refractivity (Wildman–Crippen MR) is 76.4 cm³/mol. The van der Waals surface area contributed by atoms with E-state index in [1.165, 1.54) is 6.42 Å². The zero-order valence-electron chi connectivity index (χ0n) is 10.9. The number of carbonyl (C=O) groups excluding carboxylic acids is 1. The molecule has 1 amide bonds. The molecule has 2 saturated heterocycles. The zero-order valence-corrected chi connectivity index (χ0v) is 11.8. The van der Waals surface area contributed by atoms with E-state index in [0.29, 0.717) is 17.5 Å². The van der Waals surface area contributed by atoms with Crippen LogP contribution in [0.25, 0.3) is 0 Å². The molecule has 1 unspecified atom stereocenters. The van der Waals surface area contributed by atoms with Crippen molar-refractivity contribution in [3.63, 3.8) is 0 Å². The number of nitrogens with zero attached hydrogens (tertiary/aromatic N) is 2. The highest BCUT2D eigenvalue weighted by atomic mass is 32.1. The van der Waals surface area contributed by atoms with Gasteiger partial charge in [-0.25, -0.2) is 0 Å². The summed E-state index contributed by atoms with van der Waals surface area (Å²) < 4.78 is 0. The van der Waals surface area contributed by atoms with Crippen molar-refractivity contribution in [2.75, 3.05) is 32.7 Å². The average Bonchev–Trinajstić information content (AvgIpc) is 2.40. The third-order valence-corrected chi connectivity index (χ3v) is 4.31. The minimum atomic E-state index is 0.276. The van der Waals surface area contributed by atoms with Crippen LogP contribution in [0, 0.1) is 5.92 Å². The van der Waals surface area contributed by atoms with Crippen LogP contribution in [0.1, 0.15) is 32.1 Å². The van der Waals surface area contributed by atoms with Crippen LogP contribution in [0.2, 0.25) is 0 Å². The topological polar surface area (TPSA) is 49.6 Å². The standard InChI is InChI=1S/C13H23N3OS/c14-13(18)11-5-4-6-15(9-11)10-12(17)16-7-2-1-3-8-16/h11H,1-10H2,(H2,14,18). The Morgan fingerprint density at radius 2 is 1.89 bits per heavy atom. The summed E-state index contributed by atoms with van der Waals surface area (Å²) in [5.41, 5.74) is 5.71. The summed E-state index contributed by atoms with van der Waals surface area (Å²) in [6.45, 7) is 4.27. The van der Waals surface area contributed by atoms with E-state index < -0.39 is 0 Å². The second kappa shape index (κ2) is 6.48. The number of thiocarbonyl (C=S) groups is 1. The van der Waals surface area contributed by atoms with Crippen molar-refractivity contribution in [1.82, 2.24) is 9.80 Å². The van der Waals surface area contributed by atoms with Crippen LogP contribution in [0.3, 0.4) is 0 Å². The van der Waals surface area contributed by atoms with E-state index in [-0.39, 0.29) is 5.91 Å². The molecule has 0 bridgehead atoms. The molecule has 0 aromatic heterocycles. The molecule has 5 heteroatoms. The van der Waals surface area contributed by atoms with Gasteiger partial charge in [0.25, 0.3) is 0 Å². The van der Waals surface area contributed by atoms with Crippen LogP contribution in [0.4, 0.5) is 0 Å². The number of hydrogen-bond acceptors (Lipinski definition) is 3. The first-order valence-corrected chi connectivity index (χ1v) is 7.37. The van der Waals surface area contributed by atoms with Crippen LogP contribution >= 0.6 is 12.2 Å². The second-order valence-corrected chi connectivity index (χ2v) is 5.89. The van der Waals surface area contributed by atoms with Gasteiger partial charge in [0.1, 0.15) is 0 Å². The van der Waals surface area contributed by atoms with Gasteiger partial charge in [-0.1, -0.05) is 12.2 Å². The van der Waals surface area contributed by atoms with E-state index in [2.05, 4.69) is 4.90 Å². The van der Waals surface area contributed by atoms with E-state index in [1.54, 1.807) is 0 Å². The summed E-state index contributed by atoms with van der Waals surface area (Å²) in [6.07, 6.45) is 5.73. The molecule has 0 saturated carbocycles. The van der Waals surface area contributed by atoms with E-state index in [1.807, 2.05) is 4.90 Å². The Morgan fingerprint density at radius 3 is 2.56 bits per heavy atom. The van der Waals surface area contributed by atoms with Gasteiger partial charge in [-0.2, -0.15) is 0 Å². The molecule has 2 aliphatic rings. The molecule has 18 heavy (non-hydrogen) atoms. The Morgan fingerprint density at radius 1 is 1.17 bits per heavy atom. The van der Waals surface area contributed by atoms with Crippen molar-refractivity contribution in [1.29, 1.82) is 0 Å². The maximum Gasteiger partial charge on any atom is 0.236 e. The number of rotatable bonds is 3. The molecule has 2 fully saturated rings. The molecule has 0 aliphatic carbocycles. The van der Waals surface area contributed by atoms with Gasteiger partial charge in [-0.15, -0.1) is 0 Å². The Labute approximate surface area is 114 Å². The van der Waals surface area contributed by atoms with Crippen LogP contribution in [-0.2, 0) is 4.79 Å². The van der Waals surface area contributed by atoms with Gasteiger partial charge in [0.2, 0.25) is 5.91 Å². The SMILES string of the molecule is NC(=S)C1CCCN(CC(=O)N2CCCCC2)C1. The zero-order chi connectivity index (χ0) is 13.0. The highest BCUT2D eigenvalue weighted by Crippen LogP contribution is 2.17. The Bertz CT molecular complexity index is 315. The fourth-order valence-corrected chi connectivity index (χ4v) is 3.06. The molecule has 2 rings (SSSR count). The lowest BCUT2D eigenvalue weighted by Gasteiger charge is -2.34. The van der Waals surface area contributed by atoms with E-state index >= 15 is 0 Å². The van der Waals surface area contributed by atoms with E-state index in [0.717, 1.165) is 51.9 Å². The molecular weight excluding hydrogens is 246 g/mol. The van der Waals surface area contributed by atoms with Gasteiger partial charge in [-0.05, 0) is 38.6 Å². The normalized spacial score (nSPS) is 26.0. The summed E-state index contributed by atoms with van der Waals surface area (Å²) in [7, 11) is 0. The summed E-state index contributed by atoms with van der Waals surface area (Å²) in [6, 6.07) is 0. The summed E-state index contributed by atoms with van der Waals surface area (Å²) in [5, 5.41) is 0. The van der Waals surface area contributed by atoms with Gasteiger partial charge in [0.05, 0.1) is 11.5 Å². The number of carbonyl (C=O) groups is 1.